The zero-order valence-corrected chi connectivity index (χ0v) is 12.1. The molecule has 2 aromatic heterocycles. The Bertz CT molecular complexity index is 615. The normalized spacial score (nSPS) is 21.7. The summed E-state index contributed by atoms with van der Waals surface area (Å²) in [6, 6.07) is 7.34. The van der Waals surface area contributed by atoms with E-state index in [0.29, 0.717) is 24.8 Å². The number of rotatable bonds is 5. The predicted octanol–water partition coefficient (Wildman–Crippen LogP) is 0.984. The molecule has 6 nitrogen and oxygen atoms in total. The van der Waals surface area contributed by atoms with E-state index in [2.05, 4.69) is 20.5 Å². The van der Waals surface area contributed by atoms with Gasteiger partial charge in [0.2, 0.25) is 0 Å². The fourth-order valence-electron chi connectivity index (χ4n) is 2.71. The van der Waals surface area contributed by atoms with E-state index < -0.39 is 0 Å². The molecule has 1 fully saturated rings. The molecule has 1 atom stereocenters. The van der Waals surface area contributed by atoms with Crippen LogP contribution in [-0.2, 0) is 6.42 Å². The first kappa shape index (κ1) is 14.6. The first-order valence-electron chi connectivity index (χ1n) is 7.38. The zero-order chi connectivity index (χ0) is 15.4. The lowest BCUT2D eigenvalue weighted by Crippen LogP contribution is -2.48. The fourth-order valence-corrected chi connectivity index (χ4v) is 2.71. The number of amides is 1. The van der Waals surface area contributed by atoms with E-state index >= 15 is 0 Å². The molecule has 2 aromatic rings. The quantitative estimate of drug-likeness (QED) is 0.859. The van der Waals surface area contributed by atoms with Crippen molar-refractivity contribution in [2.45, 2.75) is 31.4 Å². The third-order valence-electron chi connectivity index (χ3n) is 4.04. The van der Waals surface area contributed by atoms with Gasteiger partial charge >= 0.3 is 0 Å². The molecule has 1 amide bonds. The van der Waals surface area contributed by atoms with Crippen molar-refractivity contribution in [3.8, 4) is 0 Å². The van der Waals surface area contributed by atoms with E-state index in [1.54, 1.807) is 12.3 Å². The van der Waals surface area contributed by atoms with Crippen LogP contribution in [0.3, 0.4) is 0 Å². The molecule has 1 aliphatic rings. The van der Waals surface area contributed by atoms with Crippen LogP contribution in [0.4, 0.5) is 0 Å². The molecule has 0 saturated heterocycles. The average Bonchev–Trinajstić information content (AvgIpc) is 2.53. The van der Waals surface area contributed by atoms with Crippen molar-refractivity contribution < 1.29 is 9.90 Å². The second kappa shape index (κ2) is 6.62. The van der Waals surface area contributed by atoms with Crippen LogP contribution in [-0.4, -0.2) is 38.3 Å². The SMILES string of the molecule is O=C(NC(Cc1ccccn1)C1CC(O)C1)c1ccnnc1. The van der Waals surface area contributed by atoms with E-state index in [0.717, 1.165) is 5.69 Å². The Hall–Kier alpha value is -2.34. The Balaban J connectivity index is 1.70. The summed E-state index contributed by atoms with van der Waals surface area (Å²) in [5.41, 5.74) is 1.42. The van der Waals surface area contributed by atoms with Gasteiger partial charge in [-0.05, 0) is 37.0 Å². The van der Waals surface area contributed by atoms with Crippen molar-refractivity contribution in [3.63, 3.8) is 0 Å². The Kier molecular flexibility index (Phi) is 4.39. The minimum atomic E-state index is -0.254. The van der Waals surface area contributed by atoms with Crippen LogP contribution >= 0.6 is 0 Å². The monoisotopic (exact) mass is 298 g/mol. The molecule has 22 heavy (non-hydrogen) atoms. The highest BCUT2D eigenvalue weighted by Gasteiger charge is 2.35. The van der Waals surface area contributed by atoms with Gasteiger partial charge in [0, 0.05) is 24.4 Å². The summed E-state index contributed by atoms with van der Waals surface area (Å²) in [5, 5.41) is 20.0. The summed E-state index contributed by atoms with van der Waals surface area (Å²) in [5.74, 6) is 0.105. The highest BCUT2D eigenvalue weighted by Crippen LogP contribution is 2.31. The second-order valence-electron chi connectivity index (χ2n) is 5.62. The standard InChI is InChI=1S/C16H18N4O2/c21-14-7-12(8-14)15(9-13-3-1-2-5-17-13)20-16(22)11-4-6-18-19-10-11/h1-6,10,12,14-15,21H,7-9H2,(H,20,22). The fraction of sp³-hybridized carbons (Fsp3) is 0.375. The lowest BCUT2D eigenvalue weighted by Gasteiger charge is -2.38. The number of nitrogens with zero attached hydrogens (tertiary/aromatic N) is 3. The summed E-state index contributed by atoms with van der Waals surface area (Å²) in [6.07, 6.45) is 6.52. The summed E-state index contributed by atoms with van der Waals surface area (Å²) in [6.45, 7) is 0. The van der Waals surface area contributed by atoms with Gasteiger partial charge in [0.1, 0.15) is 0 Å². The number of aliphatic hydroxyl groups is 1. The lowest BCUT2D eigenvalue weighted by atomic mass is 9.76. The molecule has 1 saturated carbocycles. The Labute approximate surface area is 128 Å². The largest absolute Gasteiger partial charge is 0.393 e. The van der Waals surface area contributed by atoms with Crippen LogP contribution in [0.1, 0.15) is 28.9 Å². The number of hydrogen-bond acceptors (Lipinski definition) is 5. The highest BCUT2D eigenvalue weighted by molar-refractivity contribution is 5.93. The van der Waals surface area contributed by atoms with Crippen LogP contribution in [0.2, 0.25) is 0 Å². The van der Waals surface area contributed by atoms with E-state index in [-0.39, 0.29) is 24.0 Å². The molecule has 1 unspecified atom stereocenters. The van der Waals surface area contributed by atoms with Gasteiger partial charge in [-0.3, -0.25) is 9.78 Å². The maximum absolute atomic E-state index is 12.3. The number of carbonyl (C=O) groups excluding carboxylic acids is 1. The zero-order valence-electron chi connectivity index (χ0n) is 12.1. The molecule has 6 heteroatoms. The van der Waals surface area contributed by atoms with E-state index in [4.69, 9.17) is 0 Å². The smallest absolute Gasteiger partial charge is 0.253 e. The van der Waals surface area contributed by atoms with Crippen LogP contribution in [0, 0.1) is 5.92 Å². The molecule has 0 bridgehead atoms. The van der Waals surface area contributed by atoms with Crippen LogP contribution in [0.15, 0.2) is 42.9 Å². The van der Waals surface area contributed by atoms with Crippen LogP contribution in [0.5, 0.6) is 0 Å². The van der Waals surface area contributed by atoms with E-state index in [1.807, 2.05) is 18.2 Å². The van der Waals surface area contributed by atoms with Gasteiger partial charge in [-0.25, -0.2) is 0 Å². The van der Waals surface area contributed by atoms with Gasteiger partial charge in [-0.1, -0.05) is 6.07 Å². The summed E-state index contributed by atoms with van der Waals surface area (Å²) in [7, 11) is 0. The molecule has 114 valence electrons. The average molecular weight is 298 g/mol. The molecule has 0 spiro atoms. The van der Waals surface area contributed by atoms with Crippen molar-refractivity contribution in [1.82, 2.24) is 20.5 Å². The summed E-state index contributed by atoms with van der Waals surface area (Å²) < 4.78 is 0. The predicted molar refractivity (Wildman–Crippen MR) is 80.0 cm³/mol. The Morgan fingerprint density at radius 3 is 2.77 bits per heavy atom. The third kappa shape index (κ3) is 3.46. The molecule has 0 aromatic carbocycles. The molecule has 1 aliphatic carbocycles. The molecule has 2 N–H and O–H groups in total. The Morgan fingerprint density at radius 1 is 1.27 bits per heavy atom. The van der Waals surface area contributed by atoms with E-state index in [1.165, 1.54) is 12.4 Å². The van der Waals surface area contributed by atoms with Crippen LogP contribution < -0.4 is 5.32 Å². The molecule has 0 aliphatic heterocycles. The maximum atomic E-state index is 12.3. The van der Waals surface area contributed by atoms with E-state index in [9.17, 15) is 9.90 Å². The molecule has 2 heterocycles. The highest BCUT2D eigenvalue weighted by atomic mass is 16.3. The van der Waals surface area contributed by atoms with Crippen molar-refractivity contribution in [3.05, 3.63) is 54.1 Å². The summed E-state index contributed by atoms with van der Waals surface area (Å²) >= 11 is 0. The topological polar surface area (TPSA) is 88.0 Å². The van der Waals surface area contributed by atoms with Crippen molar-refractivity contribution >= 4 is 5.91 Å². The van der Waals surface area contributed by atoms with Gasteiger partial charge in [0.15, 0.2) is 0 Å². The first-order chi connectivity index (χ1) is 10.7. The first-order valence-corrected chi connectivity index (χ1v) is 7.38. The van der Waals surface area contributed by atoms with Crippen molar-refractivity contribution in [2.75, 3.05) is 0 Å². The minimum Gasteiger partial charge on any atom is -0.393 e. The maximum Gasteiger partial charge on any atom is 0.253 e. The van der Waals surface area contributed by atoms with Gasteiger partial charge in [-0.2, -0.15) is 10.2 Å². The number of aromatic nitrogens is 3. The van der Waals surface area contributed by atoms with Gasteiger partial charge < -0.3 is 10.4 Å². The second-order valence-corrected chi connectivity index (χ2v) is 5.62. The number of pyridine rings is 1. The molecule has 3 rings (SSSR count). The van der Waals surface area contributed by atoms with Gasteiger partial charge in [-0.15, -0.1) is 0 Å². The minimum absolute atomic E-state index is 0.0426. The van der Waals surface area contributed by atoms with Crippen molar-refractivity contribution in [1.29, 1.82) is 0 Å². The molecule has 0 radical (unpaired) electrons. The number of aliphatic hydroxyl groups excluding tert-OH is 1. The summed E-state index contributed by atoms with van der Waals surface area (Å²) in [4.78, 5) is 16.6. The van der Waals surface area contributed by atoms with Crippen LogP contribution in [0.25, 0.3) is 0 Å². The number of nitrogens with one attached hydrogen (secondary N) is 1. The molecular weight excluding hydrogens is 280 g/mol. The Morgan fingerprint density at radius 2 is 2.14 bits per heavy atom. The number of carbonyl (C=O) groups is 1. The van der Waals surface area contributed by atoms with Gasteiger partial charge in [0.25, 0.3) is 5.91 Å². The van der Waals surface area contributed by atoms with Crippen molar-refractivity contribution in [2.24, 2.45) is 5.92 Å². The molecular formula is C16H18N4O2. The number of hydrogen-bond donors (Lipinski definition) is 2. The van der Waals surface area contributed by atoms with Gasteiger partial charge in [0.05, 0.1) is 24.1 Å². The lowest BCUT2D eigenvalue weighted by molar-refractivity contribution is 0.0237. The third-order valence-corrected chi connectivity index (χ3v) is 4.04.